The SMILES string of the molecule is C=C(OC(C)(C)C)C(OC(C)=O)C(CCC)CCCNc1cccc(CC)c1. The molecule has 0 bridgehead atoms. The van der Waals surface area contributed by atoms with Crippen LogP contribution < -0.4 is 5.32 Å². The summed E-state index contributed by atoms with van der Waals surface area (Å²) in [6.07, 6.45) is 4.56. The zero-order chi connectivity index (χ0) is 21.2. The van der Waals surface area contributed by atoms with Gasteiger partial charge in [0.2, 0.25) is 0 Å². The van der Waals surface area contributed by atoms with Crippen LogP contribution in [0.4, 0.5) is 5.69 Å². The van der Waals surface area contributed by atoms with Gasteiger partial charge in [-0.2, -0.15) is 0 Å². The largest absolute Gasteiger partial charge is 0.489 e. The Morgan fingerprint density at radius 1 is 1.21 bits per heavy atom. The smallest absolute Gasteiger partial charge is 0.303 e. The average Bonchev–Trinajstić information content (AvgIpc) is 2.61. The van der Waals surface area contributed by atoms with Crippen molar-refractivity contribution >= 4 is 11.7 Å². The second-order valence-electron chi connectivity index (χ2n) is 8.38. The lowest BCUT2D eigenvalue weighted by Crippen LogP contribution is -2.33. The number of ether oxygens (including phenoxy) is 2. The van der Waals surface area contributed by atoms with Gasteiger partial charge in [0.1, 0.15) is 11.4 Å². The molecule has 158 valence electrons. The van der Waals surface area contributed by atoms with Crippen LogP contribution in [0.15, 0.2) is 36.6 Å². The van der Waals surface area contributed by atoms with E-state index in [2.05, 4.69) is 50.0 Å². The summed E-state index contributed by atoms with van der Waals surface area (Å²) in [6.45, 7) is 16.7. The highest BCUT2D eigenvalue weighted by Crippen LogP contribution is 2.28. The lowest BCUT2D eigenvalue weighted by atomic mass is 9.90. The Labute approximate surface area is 171 Å². The molecule has 1 aromatic carbocycles. The Bertz CT molecular complexity index is 619. The zero-order valence-corrected chi connectivity index (χ0v) is 18.6. The number of anilines is 1. The topological polar surface area (TPSA) is 47.6 Å². The number of benzene rings is 1. The first kappa shape index (κ1) is 24.1. The molecule has 1 aromatic rings. The van der Waals surface area contributed by atoms with Gasteiger partial charge in [0, 0.05) is 25.1 Å². The van der Waals surface area contributed by atoms with E-state index in [9.17, 15) is 4.79 Å². The van der Waals surface area contributed by atoms with Gasteiger partial charge in [-0.25, -0.2) is 0 Å². The number of carbonyl (C=O) groups is 1. The predicted molar refractivity (Wildman–Crippen MR) is 117 cm³/mol. The first-order valence-corrected chi connectivity index (χ1v) is 10.5. The van der Waals surface area contributed by atoms with Crippen LogP contribution in [0.3, 0.4) is 0 Å². The molecule has 0 spiro atoms. The predicted octanol–water partition coefficient (Wildman–Crippen LogP) is 6.12. The van der Waals surface area contributed by atoms with Crippen molar-refractivity contribution < 1.29 is 14.3 Å². The Morgan fingerprint density at radius 2 is 1.93 bits per heavy atom. The molecule has 2 atom stereocenters. The molecule has 2 unspecified atom stereocenters. The second kappa shape index (κ2) is 11.8. The molecule has 0 aliphatic carbocycles. The molecule has 4 heteroatoms. The van der Waals surface area contributed by atoms with Crippen LogP contribution in [-0.4, -0.2) is 24.2 Å². The lowest BCUT2D eigenvalue weighted by molar-refractivity contribution is -0.151. The van der Waals surface area contributed by atoms with Crippen LogP contribution >= 0.6 is 0 Å². The minimum absolute atomic E-state index is 0.201. The minimum atomic E-state index is -0.403. The van der Waals surface area contributed by atoms with Gasteiger partial charge in [0.25, 0.3) is 0 Å². The number of nitrogens with one attached hydrogen (secondary N) is 1. The van der Waals surface area contributed by atoms with Gasteiger partial charge in [-0.05, 0) is 64.2 Å². The van der Waals surface area contributed by atoms with Crippen LogP contribution in [-0.2, 0) is 20.7 Å². The Hall–Kier alpha value is -1.97. The average molecular weight is 390 g/mol. The van der Waals surface area contributed by atoms with E-state index < -0.39 is 6.10 Å². The lowest BCUT2D eigenvalue weighted by Gasteiger charge is -2.32. The highest BCUT2D eigenvalue weighted by molar-refractivity contribution is 5.66. The number of rotatable bonds is 12. The molecule has 0 heterocycles. The van der Waals surface area contributed by atoms with Gasteiger partial charge < -0.3 is 14.8 Å². The third kappa shape index (κ3) is 9.29. The first-order chi connectivity index (χ1) is 13.2. The third-order valence-corrected chi connectivity index (χ3v) is 4.55. The molecule has 28 heavy (non-hydrogen) atoms. The zero-order valence-electron chi connectivity index (χ0n) is 18.6. The van der Waals surface area contributed by atoms with Crippen molar-refractivity contribution in [3.63, 3.8) is 0 Å². The van der Waals surface area contributed by atoms with Crippen LogP contribution in [0.2, 0.25) is 0 Å². The second-order valence-corrected chi connectivity index (χ2v) is 8.38. The van der Waals surface area contributed by atoms with Crippen LogP contribution in [0.5, 0.6) is 0 Å². The van der Waals surface area contributed by atoms with E-state index in [0.29, 0.717) is 5.76 Å². The fourth-order valence-corrected chi connectivity index (χ4v) is 3.37. The van der Waals surface area contributed by atoms with Gasteiger partial charge in [-0.15, -0.1) is 0 Å². The van der Waals surface area contributed by atoms with E-state index >= 15 is 0 Å². The number of aryl methyl sites for hydroxylation is 1. The summed E-state index contributed by atoms with van der Waals surface area (Å²) in [5, 5.41) is 3.50. The van der Waals surface area contributed by atoms with E-state index in [1.54, 1.807) is 0 Å². The summed E-state index contributed by atoms with van der Waals surface area (Å²) in [4.78, 5) is 11.7. The summed E-state index contributed by atoms with van der Waals surface area (Å²) in [6, 6.07) is 8.53. The maximum Gasteiger partial charge on any atom is 0.303 e. The minimum Gasteiger partial charge on any atom is -0.489 e. The number of esters is 1. The molecular formula is C24H39NO3. The van der Waals surface area contributed by atoms with Gasteiger partial charge in [0.15, 0.2) is 6.10 Å². The van der Waals surface area contributed by atoms with Gasteiger partial charge in [-0.1, -0.05) is 39.0 Å². The molecule has 0 radical (unpaired) electrons. The van der Waals surface area contributed by atoms with Crippen LogP contribution in [0.25, 0.3) is 0 Å². The molecule has 0 aliphatic rings. The maximum absolute atomic E-state index is 11.7. The molecule has 4 nitrogen and oxygen atoms in total. The normalized spacial score (nSPS) is 13.5. The summed E-state index contributed by atoms with van der Waals surface area (Å²) in [5.74, 6) is 0.455. The van der Waals surface area contributed by atoms with Gasteiger partial charge in [0.05, 0.1) is 0 Å². The van der Waals surface area contributed by atoms with E-state index in [1.807, 2.05) is 20.8 Å². The van der Waals surface area contributed by atoms with Crippen molar-refractivity contribution in [2.75, 3.05) is 11.9 Å². The Balaban J connectivity index is 2.69. The fraction of sp³-hybridized carbons (Fsp3) is 0.625. The molecule has 0 fully saturated rings. The third-order valence-electron chi connectivity index (χ3n) is 4.55. The highest BCUT2D eigenvalue weighted by Gasteiger charge is 2.29. The number of hydrogen-bond donors (Lipinski definition) is 1. The molecule has 0 amide bonds. The van der Waals surface area contributed by atoms with Crippen LogP contribution in [0, 0.1) is 5.92 Å². The molecular weight excluding hydrogens is 350 g/mol. The van der Waals surface area contributed by atoms with Crippen LogP contribution in [0.1, 0.15) is 72.8 Å². The van der Waals surface area contributed by atoms with E-state index in [4.69, 9.17) is 9.47 Å². The van der Waals surface area contributed by atoms with Crippen molar-refractivity contribution in [1.82, 2.24) is 0 Å². The molecule has 0 saturated heterocycles. The summed E-state index contributed by atoms with van der Waals surface area (Å²) >= 11 is 0. The van der Waals surface area contributed by atoms with Crippen molar-refractivity contribution in [2.24, 2.45) is 5.92 Å². The summed E-state index contributed by atoms with van der Waals surface area (Å²) in [5.41, 5.74) is 2.13. The molecule has 0 aliphatic heterocycles. The van der Waals surface area contributed by atoms with E-state index in [1.165, 1.54) is 12.5 Å². The summed E-state index contributed by atoms with van der Waals surface area (Å²) in [7, 11) is 0. The van der Waals surface area contributed by atoms with Gasteiger partial charge >= 0.3 is 5.97 Å². The van der Waals surface area contributed by atoms with Crippen molar-refractivity contribution in [3.05, 3.63) is 42.2 Å². The summed E-state index contributed by atoms with van der Waals surface area (Å²) < 4.78 is 11.6. The monoisotopic (exact) mass is 389 g/mol. The molecule has 1 N–H and O–H groups in total. The van der Waals surface area contributed by atoms with E-state index in [0.717, 1.165) is 44.3 Å². The highest BCUT2D eigenvalue weighted by atomic mass is 16.6. The van der Waals surface area contributed by atoms with Gasteiger partial charge in [-0.3, -0.25) is 4.79 Å². The van der Waals surface area contributed by atoms with E-state index in [-0.39, 0.29) is 17.5 Å². The van der Waals surface area contributed by atoms with Crippen molar-refractivity contribution in [2.45, 2.75) is 85.4 Å². The first-order valence-electron chi connectivity index (χ1n) is 10.5. The Morgan fingerprint density at radius 3 is 2.50 bits per heavy atom. The standard InChI is InChI=1S/C24H39NO3/c1-8-12-21(23(27-19(4)26)18(3)28-24(5,6)7)14-11-16-25-22-15-10-13-20(9-2)17-22/h10,13,15,17,21,23,25H,3,8-9,11-12,14,16H2,1-2,4-7H3. The van der Waals surface area contributed by atoms with Crippen molar-refractivity contribution in [3.8, 4) is 0 Å². The molecule has 1 rings (SSSR count). The number of hydrogen-bond acceptors (Lipinski definition) is 4. The fourth-order valence-electron chi connectivity index (χ4n) is 3.37. The maximum atomic E-state index is 11.7. The molecule has 0 aromatic heterocycles. The quantitative estimate of drug-likeness (QED) is 0.266. The van der Waals surface area contributed by atoms with Crippen molar-refractivity contribution in [1.29, 1.82) is 0 Å². The molecule has 0 saturated carbocycles. The Kier molecular flexibility index (Phi) is 10.1. The number of carbonyl (C=O) groups excluding carboxylic acids is 1.